The number of amides is 1. The topological polar surface area (TPSA) is 54.9 Å². The van der Waals surface area contributed by atoms with E-state index in [1.54, 1.807) is 18.3 Å². The fourth-order valence-electron chi connectivity index (χ4n) is 2.14. The maximum atomic E-state index is 12.5. The number of carbonyl (C=O) groups excluding carboxylic acids is 1. The number of benzene rings is 1. The summed E-state index contributed by atoms with van der Waals surface area (Å²) in [5.41, 5.74) is 2.69. The van der Waals surface area contributed by atoms with Gasteiger partial charge in [-0.1, -0.05) is 18.2 Å². The Labute approximate surface area is 130 Å². The van der Waals surface area contributed by atoms with Gasteiger partial charge in [-0.15, -0.1) is 0 Å². The van der Waals surface area contributed by atoms with E-state index in [9.17, 15) is 4.79 Å². The lowest BCUT2D eigenvalue weighted by Gasteiger charge is -2.09. The van der Waals surface area contributed by atoms with Crippen molar-refractivity contribution in [1.82, 2.24) is 9.97 Å². The number of pyridine rings is 2. The summed E-state index contributed by atoms with van der Waals surface area (Å²) < 4.78 is 0.741. The maximum Gasteiger partial charge on any atom is 0.257 e. The quantitative estimate of drug-likeness (QED) is 0.718. The van der Waals surface area contributed by atoms with Gasteiger partial charge in [0.25, 0.3) is 5.91 Å². The number of nitrogens with zero attached hydrogens (tertiary/aromatic N) is 2. The molecule has 3 rings (SSSR count). The first-order valence-corrected chi connectivity index (χ1v) is 7.23. The van der Waals surface area contributed by atoms with Crippen LogP contribution in [0.2, 0.25) is 0 Å². The van der Waals surface area contributed by atoms with Crippen LogP contribution < -0.4 is 5.32 Å². The van der Waals surface area contributed by atoms with Crippen LogP contribution in [0.15, 0.2) is 53.3 Å². The van der Waals surface area contributed by atoms with Gasteiger partial charge in [0.15, 0.2) is 0 Å². The average Bonchev–Trinajstić information content (AvgIpc) is 2.49. The number of hydrogen-bond acceptors (Lipinski definition) is 3. The van der Waals surface area contributed by atoms with Crippen LogP contribution in [0.4, 0.5) is 5.69 Å². The van der Waals surface area contributed by atoms with Crippen LogP contribution in [0.25, 0.3) is 10.9 Å². The molecule has 0 saturated heterocycles. The van der Waals surface area contributed by atoms with Gasteiger partial charge < -0.3 is 5.32 Å². The fraction of sp³-hybridized carbons (Fsp3) is 0.0625. The number of aryl methyl sites for hydroxylation is 1. The molecule has 1 N–H and O–H groups in total. The molecule has 0 radical (unpaired) electrons. The van der Waals surface area contributed by atoms with Gasteiger partial charge in [0, 0.05) is 11.6 Å². The van der Waals surface area contributed by atoms with Crippen LogP contribution in [0.1, 0.15) is 16.1 Å². The zero-order valence-corrected chi connectivity index (χ0v) is 12.9. The second-order valence-electron chi connectivity index (χ2n) is 4.60. The van der Waals surface area contributed by atoms with Gasteiger partial charge in [-0.3, -0.25) is 9.78 Å². The summed E-state index contributed by atoms with van der Waals surface area (Å²) in [6.07, 6.45) is 1.69. The van der Waals surface area contributed by atoms with Crippen molar-refractivity contribution in [3.8, 4) is 0 Å². The lowest BCUT2D eigenvalue weighted by atomic mass is 10.1. The highest BCUT2D eigenvalue weighted by molar-refractivity contribution is 9.10. The molecular weight excluding hydrogens is 330 g/mol. The molecule has 0 spiro atoms. The third kappa shape index (κ3) is 2.78. The highest BCUT2D eigenvalue weighted by atomic mass is 79.9. The molecule has 1 amide bonds. The molecule has 0 aliphatic carbocycles. The molecule has 0 aliphatic heterocycles. The number of para-hydroxylation sites is 1. The predicted octanol–water partition coefficient (Wildman–Crippen LogP) is 3.95. The largest absolute Gasteiger partial charge is 0.320 e. The Morgan fingerprint density at radius 1 is 1.14 bits per heavy atom. The third-order valence-corrected chi connectivity index (χ3v) is 3.62. The van der Waals surface area contributed by atoms with Gasteiger partial charge in [-0.2, -0.15) is 0 Å². The van der Waals surface area contributed by atoms with Gasteiger partial charge in [0.1, 0.15) is 4.60 Å². The van der Waals surface area contributed by atoms with Crippen molar-refractivity contribution in [2.75, 3.05) is 5.32 Å². The number of carbonyl (C=O) groups is 1. The zero-order valence-electron chi connectivity index (χ0n) is 11.3. The Kier molecular flexibility index (Phi) is 3.66. The van der Waals surface area contributed by atoms with Crippen molar-refractivity contribution in [2.45, 2.75) is 6.92 Å². The number of rotatable bonds is 2. The minimum absolute atomic E-state index is 0.188. The first-order valence-electron chi connectivity index (χ1n) is 6.43. The number of fused-ring (bicyclic) bond motifs is 1. The van der Waals surface area contributed by atoms with Crippen LogP contribution >= 0.6 is 15.9 Å². The smallest absolute Gasteiger partial charge is 0.257 e. The van der Waals surface area contributed by atoms with Crippen LogP contribution in [0.5, 0.6) is 0 Å². The summed E-state index contributed by atoms with van der Waals surface area (Å²) in [5, 5.41) is 3.82. The molecule has 2 heterocycles. The van der Waals surface area contributed by atoms with Crippen molar-refractivity contribution >= 4 is 38.4 Å². The molecular formula is C16H12BrN3O. The Morgan fingerprint density at radius 2 is 1.95 bits per heavy atom. The number of aromatic nitrogens is 2. The summed E-state index contributed by atoms with van der Waals surface area (Å²) in [4.78, 5) is 21.0. The lowest BCUT2D eigenvalue weighted by molar-refractivity contribution is 0.102. The molecule has 0 unspecified atom stereocenters. The molecule has 0 aliphatic rings. The molecule has 1 aromatic carbocycles. The maximum absolute atomic E-state index is 12.5. The summed E-state index contributed by atoms with van der Waals surface area (Å²) in [7, 11) is 0. The van der Waals surface area contributed by atoms with Crippen molar-refractivity contribution in [1.29, 1.82) is 0 Å². The summed E-state index contributed by atoms with van der Waals surface area (Å²) in [6, 6.07) is 13.0. The minimum Gasteiger partial charge on any atom is -0.320 e. The monoisotopic (exact) mass is 341 g/mol. The normalized spacial score (nSPS) is 10.6. The standard InChI is InChI=1S/C16H12BrN3O/c1-10-13(7-8-14(17)19-10)20-16(21)12-6-2-4-11-5-3-9-18-15(11)12/h2-9H,1H3,(H,20,21). The molecule has 5 heteroatoms. The van der Waals surface area contributed by atoms with E-state index in [2.05, 4.69) is 31.2 Å². The third-order valence-electron chi connectivity index (χ3n) is 3.18. The van der Waals surface area contributed by atoms with E-state index in [1.165, 1.54) is 0 Å². The molecule has 0 atom stereocenters. The van der Waals surface area contributed by atoms with Gasteiger partial charge in [0.2, 0.25) is 0 Å². The highest BCUT2D eigenvalue weighted by Crippen LogP contribution is 2.20. The molecule has 3 aromatic rings. The van der Waals surface area contributed by atoms with Crippen molar-refractivity contribution in [2.24, 2.45) is 0 Å². The van der Waals surface area contributed by atoms with Gasteiger partial charge in [-0.25, -0.2) is 4.98 Å². The lowest BCUT2D eigenvalue weighted by Crippen LogP contribution is -2.14. The minimum atomic E-state index is -0.188. The molecule has 21 heavy (non-hydrogen) atoms. The zero-order chi connectivity index (χ0) is 14.8. The van der Waals surface area contributed by atoms with Crippen LogP contribution in [0.3, 0.4) is 0 Å². The second-order valence-corrected chi connectivity index (χ2v) is 5.41. The molecule has 0 saturated carbocycles. The Balaban J connectivity index is 1.97. The fourth-order valence-corrected chi connectivity index (χ4v) is 2.54. The highest BCUT2D eigenvalue weighted by Gasteiger charge is 2.12. The Hall–Kier alpha value is -2.27. The van der Waals surface area contributed by atoms with Crippen molar-refractivity contribution in [3.05, 3.63) is 64.5 Å². The van der Waals surface area contributed by atoms with Crippen molar-refractivity contribution in [3.63, 3.8) is 0 Å². The average molecular weight is 342 g/mol. The summed E-state index contributed by atoms with van der Waals surface area (Å²) in [5.74, 6) is -0.188. The van der Waals surface area contributed by atoms with E-state index >= 15 is 0 Å². The summed E-state index contributed by atoms with van der Waals surface area (Å²) >= 11 is 3.31. The van der Waals surface area contributed by atoms with Crippen molar-refractivity contribution < 1.29 is 4.79 Å². The van der Waals surface area contributed by atoms with E-state index in [4.69, 9.17) is 0 Å². The van der Waals surface area contributed by atoms with E-state index in [0.29, 0.717) is 16.8 Å². The number of hydrogen-bond donors (Lipinski definition) is 1. The number of nitrogens with one attached hydrogen (secondary N) is 1. The Morgan fingerprint density at radius 3 is 2.76 bits per heavy atom. The van der Waals surface area contributed by atoms with Gasteiger partial charge >= 0.3 is 0 Å². The van der Waals surface area contributed by atoms with E-state index in [1.807, 2.05) is 37.3 Å². The van der Waals surface area contributed by atoms with Crippen LogP contribution in [-0.2, 0) is 0 Å². The molecule has 0 bridgehead atoms. The first kappa shape index (κ1) is 13.7. The molecule has 104 valence electrons. The van der Waals surface area contributed by atoms with Crippen LogP contribution in [-0.4, -0.2) is 15.9 Å². The van der Waals surface area contributed by atoms with E-state index in [0.717, 1.165) is 15.7 Å². The first-order chi connectivity index (χ1) is 10.1. The van der Waals surface area contributed by atoms with E-state index in [-0.39, 0.29) is 5.91 Å². The molecule has 4 nitrogen and oxygen atoms in total. The Bertz CT molecular complexity index is 827. The molecule has 2 aromatic heterocycles. The second kappa shape index (κ2) is 5.61. The number of halogens is 1. The van der Waals surface area contributed by atoms with Gasteiger partial charge in [0.05, 0.1) is 22.5 Å². The van der Waals surface area contributed by atoms with E-state index < -0.39 is 0 Å². The predicted molar refractivity (Wildman–Crippen MR) is 86.4 cm³/mol. The molecule has 0 fully saturated rings. The van der Waals surface area contributed by atoms with Gasteiger partial charge in [-0.05, 0) is 47.1 Å². The summed E-state index contributed by atoms with van der Waals surface area (Å²) in [6.45, 7) is 1.85. The number of anilines is 1. The van der Waals surface area contributed by atoms with Crippen LogP contribution in [0, 0.1) is 6.92 Å². The SMILES string of the molecule is Cc1nc(Br)ccc1NC(=O)c1cccc2cccnc12.